The van der Waals surface area contributed by atoms with Gasteiger partial charge in [-0.05, 0) is 55.4 Å². The van der Waals surface area contributed by atoms with Gasteiger partial charge in [0, 0.05) is 11.4 Å². The van der Waals surface area contributed by atoms with E-state index in [0.29, 0.717) is 30.0 Å². The second-order valence-corrected chi connectivity index (χ2v) is 7.29. The lowest BCUT2D eigenvalue weighted by Crippen LogP contribution is -2.38. The van der Waals surface area contributed by atoms with E-state index in [4.69, 9.17) is 21.9 Å². The Bertz CT molecular complexity index is 795. The van der Waals surface area contributed by atoms with E-state index in [1.54, 1.807) is 6.92 Å². The summed E-state index contributed by atoms with van der Waals surface area (Å²) in [4.78, 5) is 11.3. The van der Waals surface area contributed by atoms with E-state index in [-0.39, 0.29) is 17.2 Å². The minimum absolute atomic E-state index is 0.0466. The van der Waals surface area contributed by atoms with Crippen LogP contribution in [-0.4, -0.2) is 18.1 Å². The fourth-order valence-electron chi connectivity index (χ4n) is 3.22. The summed E-state index contributed by atoms with van der Waals surface area (Å²) in [6.45, 7) is 5.71. The number of terminal acetylenes is 1. The lowest BCUT2D eigenvalue weighted by Gasteiger charge is -2.34. The molecule has 1 aromatic carbocycles. The average Bonchev–Trinajstić information content (AvgIpc) is 2.65. The van der Waals surface area contributed by atoms with Crippen LogP contribution in [-0.2, 0) is 9.53 Å². The van der Waals surface area contributed by atoms with Gasteiger partial charge in [-0.1, -0.05) is 19.9 Å². The van der Waals surface area contributed by atoms with Crippen LogP contribution in [0.25, 0.3) is 5.70 Å². The fraction of sp³-hybridized carbons (Fsp3) is 0.409. The zero-order valence-electron chi connectivity index (χ0n) is 17.0. The van der Waals surface area contributed by atoms with Crippen molar-refractivity contribution in [2.45, 2.75) is 45.8 Å². The van der Waals surface area contributed by atoms with Crippen LogP contribution in [0.2, 0.25) is 0 Å². The minimum atomic E-state index is -0.800. The first kappa shape index (κ1) is 24.2. The topological polar surface area (TPSA) is 104 Å². The molecule has 1 aromatic rings. The van der Waals surface area contributed by atoms with Crippen LogP contribution in [0.1, 0.15) is 39.2 Å². The number of nitrogens with two attached hydrogens (primary N) is 3. The average molecular weight is 405 g/mol. The molecule has 0 saturated carbocycles. The largest absolute Gasteiger partial charge is 0.400 e. The molecular weight excluding hydrogens is 376 g/mol. The molecule has 1 amide bonds. The highest BCUT2D eigenvalue weighted by molar-refractivity contribution is 5.78. The third-order valence-corrected chi connectivity index (χ3v) is 5.01. The molecule has 1 aliphatic carbocycles. The van der Waals surface area contributed by atoms with Crippen LogP contribution in [0.5, 0.6) is 0 Å². The first-order chi connectivity index (χ1) is 13.6. The maximum absolute atomic E-state index is 14.0. The van der Waals surface area contributed by atoms with Crippen molar-refractivity contribution in [2.24, 2.45) is 29.0 Å². The molecule has 29 heavy (non-hydrogen) atoms. The highest BCUT2D eigenvalue weighted by Crippen LogP contribution is 2.36. The van der Waals surface area contributed by atoms with Crippen LogP contribution in [0.15, 0.2) is 35.5 Å². The summed E-state index contributed by atoms with van der Waals surface area (Å²) in [6.07, 6.45) is 9.41. The summed E-state index contributed by atoms with van der Waals surface area (Å²) in [5.41, 5.74) is 18.2. The van der Waals surface area contributed by atoms with E-state index in [0.717, 1.165) is 12.1 Å². The van der Waals surface area contributed by atoms with E-state index < -0.39 is 29.7 Å². The maximum atomic E-state index is 14.0. The molecule has 0 aromatic heterocycles. The Kier molecular flexibility index (Phi) is 8.86. The molecule has 0 bridgehead atoms. The van der Waals surface area contributed by atoms with Crippen LogP contribution in [0.4, 0.5) is 8.78 Å². The Morgan fingerprint density at radius 1 is 1.21 bits per heavy atom. The van der Waals surface area contributed by atoms with Crippen molar-refractivity contribution in [3.05, 3.63) is 52.7 Å². The van der Waals surface area contributed by atoms with Gasteiger partial charge >= 0.3 is 0 Å². The molecule has 2 unspecified atom stereocenters. The number of primary amides is 1. The summed E-state index contributed by atoms with van der Waals surface area (Å²) in [6, 6.07) is 3.57. The molecular formula is C22H29F2N3O2. The zero-order chi connectivity index (χ0) is 22.3. The van der Waals surface area contributed by atoms with E-state index in [1.807, 2.05) is 0 Å². The van der Waals surface area contributed by atoms with Gasteiger partial charge in [-0.15, -0.1) is 12.8 Å². The Morgan fingerprint density at radius 3 is 2.24 bits per heavy atom. The molecule has 0 fully saturated rings. The van der Waals surface area contributed by atoms with E-state index in [1.165, 1.54) is 12.1 Å². The molecule has 6 N–H and O–H groups in total. The molecule has 5 nitrogen and oxygen atoms in total. The SMILES string of the molecule is C#C.CC(C)C1CC(/C=C(\N)c2c(F)cccc2F)=C(N)C(O[C@@H](C)C(N)=O)C1. The Labute approximate surface area is 171 Å². The first-order valence-electron chi connectivity index (χ1n) is 9.30. The molecule has 3 atom stereocenters. The molecule has 0 heterocycles. The van der Waals surface area contributed by atoms with Crippen molar-refractivity contribution >= 4 is 11.6 Å². The van der Waals surface area contributed by atoms with Crippen molar-refractivity contribution in [2.75, 3.05) is 0 Å². The highest BCUT2D eigenvalue weighted by atomic mass is 19.1. The zero-order valence-corrected chi connectivity index (χ0v) is 17.0. The van der Waals surface area contributed by atoms with Crippen LogP contribution >= 0.6 is 0 Å². The van der Waals surface area contributed by atoms with Crippen molar-refractivity contribution in [3.8, 4) is 12.8 Å². The number of carbonyl (C=O) groups is 1. The minimum Gasteiger partial charge on any atom is -0.400 e. The third-order valence-electron chi connectivity index (χ3n) is 5.01. The summed E-state index contributed by atoms with van der Waals surface area (Å²) in [5.74, 6) is -1.53. The van der Waals surface area contributed by atoms with Crippen molar-refractivity contribution in [1.82, 2.24) is 0 Å². The van der Waals surface area contributed by atoms with Crippen LogP contribution in [0, 0.1) is 36.3 Å². The summed E-state index contributed by atoms with van der Waals surface area (Å²) < 4.78 is 33.8. The van der Waals surface area contributed by atoms with Crippen LogP contribution < -0.4 is 17.2 Å². The summed E-state index contributed by atoms with van der Waals surface area (Å²) >= 11 is 0. The Morgan fingerprint density at radius 2 is 1.76 bits per heavy atom. The van der Waals surface area contributed by atoms with Gasteiger partial charge in [0.15, 0.2) is 0 Å². The number of allylic oxidation sites excluding steroid dienone is 2. The standard InChI is InChI=1S/C20H27F2N3O2.C2H2/c1-10(2)12-7-13(19(24)17(9-12)27-11(3)20(25)26)8-16(23)18-14(21)5-4-6-15(18)22;1-2/h4-6,8,10-12,17H,7,9,23-24H2,1-3H3,(H2,25,26);1-2H/b16-8-;/t11-,12?,17?;/m0./s1. The second-order valence-electron chi connectivity index (χ2n) is 7.29. The lowest BCUT2D eigenvalue weighted by molar-refractivity contribution is -0.131. The van der Waals surface area contributed by atoms with Crippen LogP contribution in [0.3, 0.4) is 0 Å². The third kappa shape index (κ3) is 6.06. The Balaban J connectivity index is 0.00000204. The van der Waals surface area contributed by atoms with Gasteiger partial charge in [0.25, 0.3) is 0 Å². The number of rotatable bonds is 6. The van der Waals surface area contributed by atoms with Crippen molar-refractivity contribution in [3.63, 3.8) is 0 Å². The second kappa shape index (κ2) is 10.6. The summed E-state index contributed by atoms with van der Waals surface area (Å²) in [7, 11) is 0. The lowest BCUT2D eigenvalue weighted by atomic mass is 9.78. The van der Waals surface area contributed by atoms with E-state index >= 15 is 0 Å². The quantitative estimate of drug-likeness (QED) is 0.633. The number of benzene rings is 1. The number of halogens is 2. The van der Waals surface area contributed by atoms with Gasteiger partial charge in [-0.3, -0.25) is 4.79 Å². The molecule has 0 saturated heterocycles. The van der Waals surface area contributed by atoms with Gasteiger partial charge in [0.1, 0.15) is 17.7 Å². The monoisotopic (exact) mass is 405 g/mol. The molecule has 1 aliphatic rings. The normalized spacial score (nSPS) is 20.8. The van der Waals surface area contributed by atoms with Gasteiger partial charge in [-0.2, -0.15) is 0 Å². The number of amides is 1. The molecule has 0 spiro atoms. The van der Waals surface area contributed by atoms with Gasteiger partial charge in [0.2, 0.25) is 5.91 Å². The van der Waals surface area contributed by atoms with Gasteiger partial charge < -0.3 is 21.9 Å². The number of ether oxygens (including phenoxy) is 1. The molecule has 7 heteroatoms. The predicted octanol–water partition coefficient (Wildman–Crippen LogP) is 3.05. The molecule has 2 rings (SSSR count). The smallest absolute Gasteiger partial charge is 0.246 e. The van der Waals surface area contributed by atoms with E-state index in [9.17, 15) is 13.6 Å². The van der Waals surface area contributed by atoms with Crippen molar-refractivity contribution in [1.29, 1.82) is 0 Å². The number of hydrogen-bond acceptors (Lipinski definition) is 4. The number of carbonyl (C=O) groups excluding carboxylic acids is 1. The van der Waals surface area contributed by atoms with Crippen molar-refractivity contribution < 1.29 is 18.3 Å². The number of hydrogen-bond donors (Lipinski definition) is 3. The maximum Gasteiger partial charge on any atom is 0.246 e. The Hall–Kier alpha value is -2.85. The van der Waals surface area contributed by atoms with Gasteiger partial charge in [-0.25, -0.2) is 8.78 Å². The predicted molar refractivity (Wildman–Crippen MR) is 111 cm³/mol. The summed E-state index contributed by atoms with van der Waals surface area (Å²) in [5, 5.41) is 0. The van der Waals surface area contributed by atoms with Gasteiger partial charge in [0.05, 0.1) is 11.7 Å². The van der Waals surface area contributed by atoms with E-state index in [2.05, 4.69) is 26.7 Å². The molecule has 0 radical (unpaired) electrons. The molecule has 0 aliphatic heterocycles. The highest BCUT2D eigenvalue weighted by Gasteiger charge is 2.31. The fourth-order valence-corrected chi connectivity index (χ4v) is 3.22. The molecule has 158 valence electrons. The first-order valence-corrected chi connectivity index (χ1v) is 9.30.